The average molecular weight is 1070 g/mol. The van der Waals surface area contributed by atoms with Crippen LogP contribution < -0.4 is 0 Å². The summed E-state index contributed by atoms with van der Waals surface area (Å²) in [6.45, 7) is 24.7. The van der Waals surface area contributed by atoms with Crippen LogP contribution in [0.4, 0.5) is 0 Å². The van der Waals surface area contributed by atoms with Crippen molar-refractivity contribution in [1.29, 1.82) is 0 Å². The molecule has 1 aliphatic carbocycles. The molecule has 10 rings (SSSR count). The van der Waals surface area contributed by atoms with E-state index in [9.17, 15) is 5.11 Å². The van der Waals surface area contributed by atoms with Gasteiger partial charge in [-0.3, -0.25) is 9.55 Å². The zero-order valence-corrected chi connectivity index (χ0v) is 43.4. The topological polar surface area (TPSA) is 50.9 Å². The molecule has 7 aromatic carbocycles. The third-order valence-electron chi connectivity index (χ3n) is 13.9. The number of benzene rings is 7. The molecule has 0 amide bonds. The summed E-state index contributed by atoms with van der Waals surface area (Å²) in [7, 11) is 0. The molecule has 0 fully saturated rings. The molecular formula is C63H60N3OPt-. The summed E-state index contributed by atoms with van der Waals surface area (Å²) >= 11 is 0. The Morgan fingerprint density at radius 2 is 1.18 bits per heavy atom. The summed E-state index contributed by atoms with van der Waals surface area (Å²) < 4.78 is 2.30. The predicted molar refractivity (Wildman–Crippen MR) is 280 cm³/mol. The Balaban J connectivity index is 0.00000578. The fourth-order valence-corrected chi connectivity index (χ4v) is 10.2. The zero-order valence-electron chi connectivity index (χ0n) is 41.1. The molecule has 0 radical (unpaired) electrons. The van der Waals surface area contributed by atoms with E-state index in [4.69, 9.17) is 9.97 Å². The number of para-hydroxylation sites is 1. The van der Waals surface area contributed by atoms with Crippen molar-refractivity contribution < 1.29 is 26.2 Å². The Hall–Kier alpha value is -6.35. The van der Waals surface area contributed by atoms with Crippen LogP contribution in [0.2, 0.25) is 0 Å². The Kier molecular flexibility index (Phi) is 11.7. The maximum absolute atomic E-state index is 12.7. The molecule has 4 nitrogen and oxygen atoms in total. The Bertz CT molecular complexity index is 3380. The number of nitrogens with zero attached hydrogens (tertiary/aromatic N) is 3. The van der Waals surface area contributed by atoms with Crippen molar-refractivity contribution in [3.8, 4) is 78.6 Å². The van der Waals surface area contributed by atoms with Crippen LogP contribution in [0.5, 0.6) is 5.75 Å². The van der Waals surface area contributed by atoms with E-state index in [1.807, 2.05) is 12.3 Å². The normalized spacial score (nSPS) is 13.3. The van der Waals surface area contributed by atoms with E-state index in [-0.39, 0.29) is 48.5 Å². The fraction of sp³-hybridized carbons (Fsp3) is 0.238. The smallest absolute Gasteiger partial charge is 0.148 e. The number of rotatable bonds is 6. The van der Waals surface area contributed by atoms with Crippen molar-refractivity contribution in [3.63, 3.8) is 0 Å². The molecule has 1 N–H and O–H groups in total. The van der Waals surface area contributed by atoms with E-state index in [1.165, 1.54) is 27.8 Å². The van der Waals surface area contributed by atoms with E-state index in [1.54, 1.807) is 0 Å². The first-order valence-electron chi connectivity index (χ1n) is 23.6. The van der Waals surface area contributed by atoms with Crippen molar-refractivity contribution in [2.45, 2.75) is 97.8 Å². The number of phenolic OH excluding ortho intramolecular Hbond substituents is 1. The second-order valence-electron chi connectivity index (χ2n) is 22.0. The molecular weight excluding hydrogens is 1010 g/mol. The molecule has 68 heavy (non-hydrogen) atoms. The summed E-state index contributed by atoms with van der Waals surface area (Å²) in [5.74, 6) is 0.936. The summed E-state index contributed by atoms with van der Waals surface area (Å²) in [5, 5.41) is 12.7. The van der Waals surface area contributed by atoms with Gasteiger partial charge in [0.2, 0.25) is 0 Å². The summed E-state index contributed by atoms with van der Waals surface area (Å²) in [6, 6.07) is 58.3. The van der Waals surface area contributed by atoms with Gasteiger partial charge < -0.3 is 5.11 Å². The molecule has 0 spiro atoms. The molecule has 9 aromatic rings. The molecule has 0 bridgehead atoms. The Morgan fingerprint density at radius 3 is 1.85 bits per heavy atom. The number of imidazole rings is 1. The summed E-state index contributed by atoms with van der Waals surface area (Å²) in [5.41, 5.74) is 18.9. The molecule has 0 unspecified atom stereocenters. The number of pyridine rings is 1. The van der Waals surface area contributed by atoms with Crippen molar-refractivity contribution in [2.75, 3.05) is 0 Å². The Labute approximate surface area is 417 Å². The van der Waals surface area contributed by atoms with Gasteiger partial charge in [-0.2, -0.15) is 0 Å². The number of phenols is 1. The van der Waals surface area contributed by atoms with E-state index in [0.29, 0.717) is 11.4 Å². The standard InChI is InChI=1S/C63H60N3O.Pt/c1-60(2,3)43-29-30-54(47(36-43)40-23-16-13-17-24-40)66-55-28-20-26-46(57(55)65-59(66)50-37-44(61(4,5)6)38-52(58(50)67)62(7,8)9)49-34-42(53-35-41(31-32-64-53)39-21-14-12-15-22-39)33-48-45-25-18-19-27-51(45)63(10,11)56(48)49;/h12-33,35-38,67H,1-11H3;/q-1;. The SMILES string of the molecule is CC(C)(C)c1ccc(-n2c(-c3cc(C(C)(C)C)cc(C(C)(C)C)c3O)nc3c(-c4[c-]c(-c5cc(-c6ccccc6)ccn5)cc5c4C(C)(C)c4ccccc4-5)cccc32)c(-c2ccccc2)c1.[Pt]. The van der Waals surface area contributed by atoms with Crippen molar-refractivity contribution in [2.24, 2.45) is 0 Å². The minimum Gasteiger partial charge on any atom is -0.507 e. The summed E-state index contributed by atoms with van der Waals surface area (Å²) in [4.78, 5) is 10.8. The van der Waals surface area contributed by atoms with Gasteiger partial charge in [0.25, 0.3) is 0 Å². The van der Waals surface area contributed by atoms with Gasteiger partial charge in [0.05, 0.1) is 22.3 Å². The molecule has 2 heterocycles. The first-order chi connectivity index (χ1) is 31.8. The molecule has 0 atom stereocenters. The molecule has 0 aliphatic heterocycles. The number of aromatic nitrogens is 3. The fourth-order valence-electron chi connectivity index (χ4n) is 10.2. The van der Waals surface area contributed by atoms with Crippen LogP contribution in [0.25, 0.3) is 83.9 Å². The average Bonchev–Trinajstić information content (AvgIpc) is 3.80. The summed E-state index contributed by atoms with van der Waals surface area (Å²) in [6.07, 6.45) is 1.91. The van der Waals surface area contributed by atoms with Crippen LogP contribution >= 0.6 is 0 Å². The maximum Gasteiger partial charge on any atom is 0.148 e. The minimum atomic E-state index is -0.340. The van der Waals surface area contributed by atoms with Crippen LogP contribution in [0.3, 0.4) is 0 Å². The molecule has 344 valence electrons. The number of fused-ring (bicyclic) bond motifs is 4. The maximum atomic E-state index is 12.7. The second-order valence-corrected chi connectivity index (χ2v) is 22.0. The van der Waals surface area contributed by atoms with Gasteiger partial charge >= 0.3 is 0 Å². The quantitative estimate of drug-likeness (QED) is 0.169. The molecule has 0 saturated carbocycles. The van der Waals surface area contributed by atoms with Crippen molar-refractivity contribution >= 4 is 11.0 Å². The van der Waals surface area contributed by atoms with E-state index >= 15 is 0 Å². The van der Waals surface area contributed by atoms with Crippen LogP contribution in [0.15, 0.2) is 158 Å². The first-order valence-corrected chi connectivity index (χ1v) is 23.6. The first kappa shape index (κ1) is 46.7. The minimum absolute atomic E-state index is 0. The van der Waals surface area contributed by atoms with Gasteiger partial charge in [-0.25, -0.2) is 4.98 Å². The van der Waals surface area contributed by atoms with E-state index < -0.39 is 0 Å². The Morgan fingerprint density at radius 1 is 0.544 bits per heavy atom. The third-order valence-corrected chi connectivity index (χ3v) is 13.9. The van der Waals surface area contributed by atoms with Gasteiger partial charge in [-0.05, 0) is 90.9 Å². The zero-order chi connectivity index (χ0) is 47.2. The molecule has 0 saturated heterocycles. The largest absolute Gasteiger partial charge is 0.507 e. The van der Waals surface area contributed by atoms with Gasteiger partial charge in [-0.1, -0.05) is 214 Å². The van der Waals surface area contributed by atoms with Crippen LogP contribution in [-0.4, -0.2) is 19.6 Å². The number of hydrogen-bond acceptors (Lipinski definition) is 3. The second kappa shape index (κ2) is 17.0. The molecule has 5 heteroatoms. The monoisotopic (exact) mass is 1070 g/mol. The molecule has 1 aliphatic rings. The number of hydrogen-bond donors (Lipinski definition) is 1. The predicted octanol–water partition coefficient (Wildman–Crippen LogP) is 16.5. The van der Waals surface area contributed by atoms with Crippen LogP contribution in [-0.2, 0) is 42.7 Å². The van der Waals surface area contributed by atoms with Gasteiger partial charge in [0.1, 0.15) is 11.6 Å². The van der Waals surface area contributed by atoms with Crippen molar-refractivity contribution in [3.05, 3.63) is 192 Å². The van der Waals surface area contributed by atoms with Gasteiger partial charge in [-0.15, -0.1) is 17.7 Å². The van der Waals surface area contributed by atoms with Crippen LogP contribution in [0, 0.1) is 6.07 Å². The van der Waals surface area contributed by atoms with Gasteiger partial charge in [0.15, 0.2) is 0 Å². The number of aromatic hydroxyl groups is 1. The van der Waals surface area contributed by atoms with E-state index in [2.05, 4.69) is 232 Å². The van der Waals surface area contributed by atoms with E-state index in [0.717, 1.165) is 72.5 Å². The van der Waals surface area contributed by atoms with Crippen LogP contribution in [0.1, 0.15) is 104 Å². The molecule has 2 aromatic heterocycles. The van der Waals surface area contributed by atoms with Crippen molar-refractivity contribution in [1.82, 2.24) is 14.5 Å². The third kappa shape index (κ3) is 8.05. The van der Waals surface area contributed by atoms with Gasteiger partial charge in [0, 0.05) is 44.1 Å².